The topological polar surface area (TPSA) is 133 Å². The lowest BCUT2D eigenvalue weighted by molar-refractivity contribution is -0.132. The van der Waals surface area contributed by atoms with E-state index >= 15 is 0 Å². The van der Waals surface area contributed by atoms with E-state index in [0.717, 1.165) is 26.2 Å². The molecule has 0 saturated carbocycles. The zero-order valence-electron chi connectivity index (χ0n) is 12.8. The van der Waals surface area contributed by atoms with Gasteiger partial charge in [0.2, 0.25) is 5.91 Å². The van der Waals surface area contributed by atoms with Gasteiger partial charge in [0.15, 0.2) is 0 Å². The van der Waals surface area contributed by atoms with Crippen molar-refractivity contribution in [2.24, 2.45) is 0 Å². The van der Waals surface area contributed by atoms with E-state index in [0.29, 0.717) is 6.42 Å². The van der Waals surface area contributed by atoms with E-state index in [1.165, 1.54) is 6.20 Å². The van der Waals surface area contributed by atoms with Crippen LogP contribution in [0.1, 0.15) is 12.8 Å². The Balaban J connectivity index is 0. The summed E-state index contributed by atoms with van der Waals surface area (Å²) in [6, 6.07) is 0. The molecule has 0 heterocycles. The first-order valence-corrected chi connectivity index (χ1v) is 7.43. The average Bonchev–Trinajstić information content (AvgIpc) is 2.41. The number of carbonyl (C=O) groups excluding carboxylic acids is 1. The quantitative estimate of drug-likeness (QED) is 0.417. The molecule has 0 saturated heterocycles. The molecule has 9 nitrogen and oxygen atoms in total. The van der Waals surface area contributed by atoms with Crippen molar-refractivity contribution in [2.75, 3.05) is 27.7 Å². The zero-order chi connectivity index (χ0) is 17.8. The molecule has 0 atom stereocenters. The van der Waals surface area contributed by atoms with Gasteiger partial charge in [-0.25, -0.2) is 4.79 Å². The first kappa shape index (κ1) is 22.5. The van der Waals surface area contributed by atoms with E-state index in [9.17, 15) is 18.0 Å². The van der Waals surface area contributed by atoms with Crippen molar-refractivity contribution in [3.05, 3.63) is 24.4 Å². The third kappa shape index (κ3) is 16.3. The molecule has 22 heavy (non-hydrogen) atoms. The molecule has 128 valence electrons. The number of rotatable bonds is 8. The Morgan fingerprint density at radius 2 is 1.86 bits per heavy atom. The van der Waals surface area contributed by atoms with Crippen LogP contribution in [0.3, 0.4) is 0 Å². The summed E-state index contributed by atoms with van der Waals surface area (Å²) >= 11 is 0. The van der Waals surface area contributed by atoms with Crippen molar-refractivity contribution >= 4 is 22.3 Å². The van der Waals surface area contributed by atoms with Gasteiger partial charge in [0.25, 0.3) is 0 Å². The second-order valence-electron chi connectivity index (χ2n) is 4.19. The number of hydrogen-bond acceptors (Lipinski definition) is 6. The van der Waals surface area contributed by atoms with E-state index in [2.05, 4.69) is 16.1 Å². The van der Waals surface area contributed by atoms with Gasteiger partial charge in [-0.1, -0.05) is 6.58 Å². The lowest BCUT2D eigenvalue weighted by Crippen LogP contribution is -2.17. The molecule has 0 aliphatic carbocycles. The van der Waals surface area contributed by atoms with Gasteiger partial charge in [-0.05, 0) is 39.6 Å². The summed E-state index contributed by atoms with van der Waals surface area (Å²) in [6.07, 6.45) is 3.47. The molecule has 0 bridgehead atoms. The lowest BCUT2D eigenvalue weighted by Gasteiger charge is -2.09. The third-order valence-electron chi connectivity index (χ3n) is 2.11. The van der Waals surface area contributed by atoms with E-state index in [1.807, 2.05) is 19.0 Å². The van der Waals surface area contributed by atoms with Crippen LogP contribution in [0.5, 0.6) is 0 Å². The highest BCUT2D eigenvalue weighted by atomic mass is 32.3. The predicted octanol–water partition coefficient (Wildman–Crippen LogP) is 0.0345. The first-order valence-electron chi connectivity index (χ1n) is 6.06. The monoisotopic (exact) mass is 338 g/mol. The Morgan fingerprint density at radius 3 is 2.18 bits per heavy atom. The lowest BCUT2D eigenvalue weighted by atomic mass is 10.1. The Hall–Kier alpha value is -1.75. The molecule has 0 fully saturated rings. The Morgan fingerprint density at radius 1 is 1.36 bits per heavy atom. The molecule has 0 rings (SSSR count). The summed E-state index contributed by atoms with van der Waals surface area (Å²) < 4.78 is 29.7. The summed E-state index contributed by atoms with van der Waals surface area (Å²) in [7, 11) is 0.549. The smallest absolute Gasteiger partial charge is 0.397 e. The molecular formula is C12H22N2O7S. The maximum Gasteiger partial charge on any atom is 0.397 e. The summed E-state index contributed by atoms with van der Waals surface area (Å²) in [5.74, 6) is -1.42. The minimum atomic E-state index is -4.16. The summed E-state index contributed by atoms with van der Waals surface area (Å²) in [5.41, 5.74) is 0.192. The number of carbonyl (C=O) groups is 2. The molecule has 0 aliphatic rings. The fourth-order valence-corrected chi connectivity index (χ4v) is 1.04. The van der Waals surface area contributed by atoms with Gasteiger partial charge in [-0.15, -0.1) is 0 Å². The SMILES string of the molecule is C=CC(=O)NC=C(CCCN(C)C)C(=O)O.COS(=O)(=O)O. The van der Waals surface area contributed by atoms with Crippen LogP contribution >= 0.6 is 0 Å². The van der Waals surface area contributed by atoms with Crippen LogP contribution in [-0.2, 0) is 24.2 Å². The Bertz CT molecular complexity index is 498. The highest BCUT2D eigenvalue weighted by molar-refractivity contribution is 7.80. The number of nitrogens with zero attached hydrogens (tertiary/aromatic N) is 1. The van der Waals surface area contributed by atoms with E-state index in [-0.39, 0.29) is 5.57 Å². The maximum absolute atomic E-state index is 10.8. The highest BCUT2D eigenvalue weighted by Crippen LogP contribution is 2.04. The van der Waals surface area contributed by atoms with Gasteiger partial charge in [-0.3, -0.25) is 13.5 Å². The standard InChI is InChI=1S/C11H18N2O3.CH4O4S/c1-4-10(14)12-8-9(11(15)16)6-5-7-13(2)3;1-5-6(2,3)4/h4,8H,1,5-7H2,2-3H3,(H,12,14)(H,15,16);1H3,(H,2,3,4). The maximum atomic E-state index is 10.8. The van der Waals surface area contributed by atoms with Crippen molar-refractivity contribution in [3.8, 4) is 0 Å². The van der Waals surface area contributed by atoms with Crippen LogP contribution in [-0.4, -0.2) is 62.6 Å². The van der Waals surface area contributed by atoms with Crippen LogP contribution in [0, 0.1) is 0 Å². The van der Waals surface area contributed by atoms with E-state index in [4.69, 9.17) is 9.66 Å². The minimum Gasteiger partial charge on any atom is -0.478 e. The van der Waals surface area contributed by atoms with E-state index < -0.39 is 22.3 Å². The summed E-state index contributed by atoms with van der Waals surface area (Å²) in [6.45, 7) is 4.08. The Labute approximate surface area is 130 Å². The second-order valence-corrected chi connectivity index (χ2v) is 5.38. The minimum absolute atomic E-state index is 0.192. The van der Waals surface area contributed by atoms with Gasteiger partial charge in [0.05, 0.1) is 12.7 Å². The van der Waals surface area contributed by atoms with E-state index in [1.54, 1.807) is 0 Å². The van der Waals surface area contributed by atoms with Crippen molar-refractivity contribution in [2.45, 2.75) is 12.8 Å². The molecule has 0 aromatic carbocycles. The summed E-state index contributed by atoms with van der Waals surface area (Å²) in [5, 5.41) is 11.2. The van der Waals surface area contributed by atoms with Crippen LogP contribution in [0.15, 0.2) is 24.4 Å². The predicted molar refractivity (Wildman–Crippen MR) is 80.4 cm³/mol. The normalized spacial score (nSPS) is 11.4. The number of carboxylic acids is 1. The molecule has 0 spiro atoms. The Kier molecular flexibility index (Phi) is 12.1. The highest BCUT2D eigenvalue weighted by Gasteiger charge is 2.07. The second kappa shape index (κ2) is 11.9. The number of nitrogens with one attached hydrogen (secondary N) is 1. The van der Waals surface area contributed by atoms with Gasteiger partial charge in [0, 0.05) is 6.20 Å². The average molecular weight is 338 g/mol. The van der Waals surface area contributed by atoms with Gasteiger partial charge >= 0.3 is 16.4 Å². The van der Waals surface area contributed by atoms with Crippen LogP contribution in [0.4, 0.5) is 0 Å². The number of aliphatic carboxylic acids is 1. The van der Waals surface area contributed by atoms with Gasteiger partial charge in [0.1, 0.15) is 0 Å². The fourth-order valence-electron chi connectivity index (χ4n) is 1.04. The van der Waals surface area contributed by atoms with Gasteiger partial charge in [-0.2, -0.15) is 8.42 Å². The zero-order valence-corrected chi connectivity index (χ0v) is 13.6. The third-order valence-corrected chi connectivity index (χ3v) is 2.53. The van der Waals surface area contributed by atoms with Crippen molar-refractivity contribution < 1.29 is 31.8 Å². The largest absolute Gasteiger partial charge is 0.478 e. The summed E-state index contributed by atoms with van der Waals surface area (Å²) in [4.78, 5) is 23.6. The van der Waals surface area contributed by atoms with Crippen LogP contribution in [0.25, 0.3) is 0 Å². The van der Waals surface area contributed by atoms with Crippen molar-refractivity contribution in [1.29, 1.82) is 0 Å². The van der Waals surface area contributed by atoms with Gasteiger partial charge < -0.3 is 15.3 Å². The molecular weight excluding hydrogens is 316 g/mol. The van der Waals surface area contributed by atoms with Crippen molar-refractivity contribution in [1.82, 2.24) is 10.2 Å². The fraction of sp³-hybridized carbons (Fsp3) is 0.500. The molecule has 0 unspecified atom stereocenters. The molecule has 0 radical (unpaired) electrons. The molecule has 3 N–H and O–H groups in total. The first-order chi connectivity index (χ1) is 10.0. The molecule has 10 heteroatoms. The number of amides is 1. The molecule has 0 aromatic heterocycles. The molecule has 1 amide bonds. The number of hydrogen-bond donors (Lipinski definition) is 3. The number of carboxylic acid groups (broad SMARTS) is 1. The van der Waals surface area contributed by atoms with Crippen LogP contribution < -0.4 is 5.32 Å². The molecule has 0 aromatic rings. The van der Waals surface area contributed by atoms with Crippen LogP contribution in [0.2, 0.25) is 0 Å². The molecule has 0 aliphatic heterocycles. The van der Waals surface area contributed by atoms with Crippen molar-refractivity contribution in [3.63, 3.8) is 0 Å².